The van der Waals surface area contributed by atoms with Crippen LogP contribution in [0.3, 0.4) is 0 Å². The Morgan fingerprint density at radius 2 is 1.94 bits per heavy atom. The molecular formula is C11H23N3O3. The van der Waals surface area contributed by atoms with Crippen LogP contribution in [0.4, 0.5) is 0 Å². The summed E-state index contributed by atoms with van der Waals surface area (Å²) in [7, 11) is 1.43. The van der Waals surface area contributed by atoms with Crippen molar-refractivity contribution in [1.82, 2.24) is 10.2 Å². The van der Waals surface area contributed by atoms with E-state index in [1.165, 1.54) is 7.11 Å². The first-order chi connectivity index (χ1) is 8.10. The lowest BCUT2D eigenvalue weighted by Crippen LogP contribution is -2.42. The number of carbonyl (C=O) groups excluding carboxylic acids is 2. The van der Waals surface area contributed by atoms with Crippen LogP contribution in [0.5, 0.6) is 0 Å². The van der Waals surface area contributed by atoms with E-state index in [4.69, 9.17) is 10.5 Å². The van der Waals surface area contributed by atoms with Gasteiger partial charge >= 0.3 is 0 Å². The molecule has 6 heteroatoms. The van der Waals surface area contributed by atoms with Crippen LogP contribution >= 0.6 is 0 Å². The lowest BCUT2D eigenvalue weighted by Gasteiger charge is -2.19. The summed E-state index contributed by atoms with van der Waals surface area (Å²) < 4.78 is 4.88. The number of nitrogens with zero attached hydrogens (tertiary/aromatic N) is 1. The molecule has 100 valence electrons. The summed E-state index contributed by atoms with van der Waals surface area (Å²) in [6.45, 7) is 5.67. The van der Waals surface area contributed by atoms with Gasteiger partial charge in [-0.25, -0.2) is 0 Å². The summed E-state index contributed by atoms with van der Waals surface area (Å²) in [5.74, 6) is -0.237. The number of nitrogens with one attached hydrogen (secondary N) is 1. The molecule has 0 aliphatic heterocycles. The molecule has 0 aromatic rings. The van der Waals surface area contributed by atoms with E-state index in [-0.39, 0.29) is 18.4 Å². The molecule has 0 saturated heterocycles. The van der Waals surface area contributed by atoms with E-state index in [9.17, 15) is 9.59 Å². The monoisotopic (exact) mass is 245 g/mol. The van der Waals surface area contributed by atoms with Crippen LogP contribution < -0.4 is 11.1 Å². The van der Waals surface area contributed by atoms with E-state index in [2.05, 4.69) is 5.32 Å². The van der Waals surface area contributed by atoms with E-state index in [1.807, 2.05) is 13.8 Å². The second-order valence-electron chi connectivity index (χ2n) is 3.57. The number of hydrogen-bond acceptors (Lipinski definition) is 4. The Bertz CT molecular complexity index is 214. The zero-order valence-corrected chi connectivity index (χ0v) is 10.9. The van der Waals surface area contributed by atoms with Gasteiger partial charge in [-0.3, -0.25) is 9.59 Å². The number of ether oxygens (including phenoxy) is 1. The van der Waals surface area contributed by atoms with Gasteiger partial charge in [0, 0.05) is 39.7 Å². The fourth-order valence-corrected chi connectivity index (χ4v) is 1.45. The minimum atomic E-state index is -0.640. The third-order valence-electron chi connectivity index (χ3n) is 2.55. The largest absolute Gasteiger partial charge is 0.370 e. The highest BCUT2D eigenvalue weighted by atomic mass is 16.5. The van der Waals surface area contributed by atoms with Crippen LogP contribution in [-0.2, 0) is 14.3 Å². The maximum Gasteiger partial charge on any atom is 0.250 e. The van der Waals surface area contributed by atoms with Crippen LogP contribution in [0.25, 0.3) is 0 Å². The fourth-order valence-electron chi connectivity index (χ4n) is 1.45. The molecule has 0 spiro atoms. The van der Waals surface area contributed by atoms with Gasteiger partial charge in [0.25, 0.3) is 0 Å². The molecule has 2 amide bonds. The number of methoxy groups -OCH3 is 1. The van der Waals surface area contributed by atoms with Crippen molar-refractivity contribution in [3.63, 3.8) is 0 Å². The Morgan fingerprint density at radius 3 is 2.35 bits per heavy atom. The van der Waals surface area contributed by atoms with Crippen molar-refractivity contribution < 1.29 is 14.3 Å². The Hall–Kier alpha value is -1.14. The fraction of sp³-hybridized carbons (Fsp3) is 0.818. The highest BCUT2D eigenvalue weighted by Crippen LogP contribution is 1.93. The lowest BCUT2D eigenvalue weighted by atomic mass is 10.3. The molecule has 0 fully saturated rings. The van der Waals surface area contributed by atoms with Gasteiger partial charge in [-0.15, -0.1) is 0 Å². The molecule has 1 atom stereocenters. The van der Waals surface area contributed by atoms with E-state index >= 15 is 0 Å². The van der Waals surface area contributed by atoms with E-state index < -0.39 is 6.10 Å². The van der Waals surface area contributed by atoms with Gasteiger partial charge < -0.3 is 20.7 Å². The van der Waals surface area contributed by atoms with Gasteiger partial charge in [-0.1, -0.05) is 0 Å². The van der Waals surface area contributed by atoms with Crippen molar-refractivity contribution in [2.75, 3.05) is 33.3 Å². The highest BCUT2D eigenvalue weighted by Gasteiger charge is 2.16. The SMILES string of the molecule is CCN(CC)C(=O)CCNC(=O)C(CN)OC. The molecule has 17 heavy (non-hydrogen) atoms. The molecule has 0 radical (unpaired) electrons. The van der Waals surface area contributed by atoms with E-state index in [0.717, 1.165) is 0 Å². The summed E-state index contributed by atoms with van der Waals surface area (Å²) in [6.07, 6.45) is -0.340. The Kier molecular flexibility index (Phi) is 8.35. The summed E-state index contributed by atoms with van der Waals surface area (Å²) in [5, 5.41) is 2.63. The molecule has 0 heterocycles. The second-order valence-corrected chi connectivity index (χ2v) is 3.57. The van der Waals surface area contributed by atoms with Crippen molar-refractivity contribution in [2.45, 2.75) is 26.4 Å². The number of nitrogens with two attached hydrogens (primary N) is 1. The predicted molar refractivity (Wildman–Crippen MR) is 65.4 cm³/mol. The second kappa shape index (κ2) is 8.95. The first kappa shape index (κ1) is 15.9. The zero-order valence-electron chi connectivity index (χ0n) is 10.9. The first-order valence-corrected chi connectivity index (χ1v) is 5.88. The predicted octanol–water partition coefficient (Wildman–Crippen LogP) is -0.665. The smallest absolute Gasteiger partial charge is 0.250 e. The number of carbonyl (C=O) groups is 2. The van der Waals surface area contributed by atoms with Gasteiger partial charge in [0.15, 0.2) is 0 Å². The minimum absolute atomic E-state index is 0.0389. The summed E-state index contributed by atoms with van der Waals surface area (Å²) in [5.41, 5.74) is 5.35. The van der Waals surface area contributed by atoms with Gasteiger partial charge in [0.2, 0.25) is 11.8 Å². The van der Waals surface area contributed by atoms with Crippen LogP contribution in [0.1, 0.15) is 20.3 Å². The normalized spacial score (nSPS) is 12.0. The van der Waals surface area contributed by atoms with Crippen molar-refractivity contribution in [1.29, 1.82) is 0 Å². The van der Waals surface area contributed by atoms with E-state index in [0.29, 0.717) is 26.1 Å². The lowest BCUT2D eigenvalue weighted by molar-refractivity contribution is -0.132. The Morgan fingerprint density at radius 1 is 1.35 bits per heavy atom. The topological polar surface area (TPSA) is 84.7 Å². The standard InChI is InChI=1S/C11H23N3O3/c1-4-14(5-2)10(15)6-7-13-11(16)9(8-12)17-3/h9H,4-8,12H2,1-3H3,(H,13,16). The molecule has 0 saturated carbocycles. The quantitative estimate of drug-likeness (QED) is 0.594. The molecule has 0 aromatic heterocycles. The van der Waals surface area contributed by atoms with Crippen molar-refractivity contribution in [2.24, 2.45) is 5.73 Å². The average Bonchev–Trinajstić information content (AvgIpc) is 2.32. The molecule has 0 aliphatic rings. The van der Waals surface area contributed by atoms with Crippen LogP contribution in [0.2, 0.25) is 0 Å². The molecule has 0 aromatic carbocycles. The van der Waals surface area contributed by atoms with Crippen molar-refractivity contribution >= 4 is 11.8 Å². The Labute approximate surface area is 102 Å². The first-order valence-electron chi connectivity index (χ1n) is 5.88. The molecule has 1 unspecified atom stereocenters. The summed E-state index contributed by atoms with van der Waals surface area (Å²) in [4.78, 5) is 24.8. The van der Waals surface area contributed by atoms with Gasteiger partial charge in [-0.2, -0.15) is 0 Å². The third-order valence-corrected chi connectivity index (χ3v) is 2.55. The van der Waals surface area contributed by atoms with Crippen LogP contribution in [0, 0.1) is 0 Å². The number of amides is 2. The zero-order chi connectivity index (χ0) is 13.3. The Balaban J connectivity index is 3.90. The highest BCUT2D eigenvalue weighted by molar-refractivity contribution is 5.82. The van der Waals surface area contributed by atoms with Crippen LogP contribution in [-0.4, -0.2) is 56.1 Å². The molecule has 0 rings (SSSR count). The van der Waals surface area contributed by atoms with Crippen molar-refractivity contribution in [3.05, 3.63) is 0 Å². The average molecular weight is 245 g/mol. The molecular weight excluding hydrogens is 222 g/mol. The van der Waals surface area contributed by atoms with Gasteiger partial charge in [-0.05, 0) is 13.8 Å². The van der Waals surface area contributed by atoms with Crippen molar-refractivity contribution in [3.8, 4) is 0 Å². The van der Waals surface area contributed by atoms with E-state index in [1.54, 1.807) is 4.90 Å². The van der Waals surface area contributed by atoms with Gasteiger partial charge in [0.1, 0.15) is 6.10 Å². The third kappa shape index (κ3) is 5.65. The van der Waals surface area contributed by atoms with Crippen LogP contribution in [0.15, 0.2) is 0 Å². The molecule has 0 aliphatic carbocycles. The summed E-state index contributed by atoms with van der Waals surface area (Å²) in [6, 6.07) is 0. The maximum atomic E-state index is 11.6. The summed E-state index contributed by atoms with van der Waals surface area (Å²) >= 11 is 0. The molecule has 6 nitrogen and oxygen atoms in total. The van der Waals surface area contributed by atoms with Gasteiger partial charge in [0.05, 0.1) is 0 Å². The minimum Gasteiger partial charge on any atom is -0.370 e. The number of hydrogen-bond donors (Lipinski definition) is 2. The number of rotatable bonds is 8. The maximum absolute atomic E-state index is 11.6. The molecule has 0 bridgehead atoms. The molecule has 3 N–H and O–H groups in total.